The van der Waals surface area contributed by atoms with E-state index in [0.29, 0.717) is 16.9 Å². The molecule has 0 heterocycles. The number of benzene rings is 1. The molecule has 1 rings (SSSR count). The number of hydrogen-bond donors (Lipinski definition) is 2. The van der Waals surface area contributed by atoms with Gasteiger partial charge in [0.25, 0.3) is 0 Å². The molecule has 3 N–H and O–H groups in total. The monoisotopic (exact) mass is 208 g/mol. The lowest BCUT2D eigenvalue weighted by Crippen LogP contribution is -2.01. The van der Waals surface area contributed by atoms with E-state index in [9.17, 15) is 4.79 Å². The molecule has 0 amide bonds. The van der Waals surface area contributed by atoms with Gasteiger partial charge in [-0.1, -0.05) is 6.07 Å². The lowest BCUT2D eigenvalue weighted by molar-refractivity contribution is -0.136. The molecule has 0 bridgehead atoms. The highest BCUT2D eigenvalue weighted by Gasteiger charge is 2.05. The van der Waals surface area contributed by atoms with Gasteiger partial charge < -0.3 is 15.7 Å². The van der Waals surface area contributed by atoms with Crippen LogP contribution >= 0.6 is 0 Å². The molecule has 0 aromatic heterocycles. The van der Waals surface area contributed by atoms with Crippen LogP contribution in [0.1, 0.15) is 11.1 Å². The number of nitrogens with zero attached hydrogens (tertiary/aromatic N) is 1. The molecule has 0 aliphatic rings. The molecule has 1 aromatic carbocycles. The molecule has 0 saturated carbocycles. The molecule has 0 fully saturated rings. The largest absolute Gasteiger partial charge is 0.496 e. The van der Waals surface area contributed by atoms with Crippen molar-refractivity contribution in [2.45, 2.75) is 6.42 Å². The average Bonchev–Trinajstić information content (AvgIpc) is 2.20. The number of hydrazone groups is 1. The minimum Gasteiger partial charge on any atom is -0.496 e. The van der Waals surface area contributed by atoms with Gasteiger partial charge in [0, 0.05) is 5.56 Å². The maximum atomic E-state index is 10.5. The highest BCUT2D eigenvalue weighted by molar-refractivity contribution is 5.83. The maximum absolute atomic E-state index is 10.5. The van der Waals surface area contributed by atoms with Crippen LogP contribution in [0.5, 0.6) is 5.75 Å². The van der Waals surface area contributed by atoms with Crippen molar-refractivity contribution >= 4 is 12.2 Å². The van der Waals surface area contributed by atoms with E-state index >= 15 is 0 Å². The average molecular weight is 208 g/mol. The van der Waals surface area contributed by atoms with Crippen molar-refractivity contribution in [1.29, 1.82) is 0 Å². The Morgan fingerprint density at radius 2 is 2.40 bits per heavy atom. The summed E-state index contributed by atoms with van der Waals surface area (Å²) in [7, 11) is 1.51. The van der Waals surface area contributed by atoms with Crippen molar-refractivity contribution in [3.63, 3.8) is 0 Å². The van der Waals surface area contributed by atoms with E-state index in [4.69, 9.17) is 15.7 Å². The standard InChI is InChI=1S/C10H12N2O3/c1-15-9-4-7(5-10(13)14)2-3-8(9)6-12-11/h2-4,6H,5,11H2,1H3,(H,13,14). The van der Waals surface area contributed by atoms with Gasteiger partial charge in [-0.25, -0.2) is 0 Å². The maximum Gasteiger partial charge on any atom is 0.307 e. The molecule has 0 spiro atoms. The summed E-state index contributed by atoms with van der Waals surface area (Å²) < 4.78 is 5.08. The highest BCUT2D eigenvalue weighted by Crippen LogP contribution is 2.18. The normalized spacial score (nSPS) is 10.5. The van der Waals surface area contributed by atoms with Crippen LogP contribution in [0.4, 0.5) is 0 Å². The number of methoxy groups -OCH3 is 1. The molecule has 80 valence electrons. The predicted octanol–water partition coefficient (Wildman–Crippen LogP) is 0.615. The van der Waals surface area contributed by atoms with E-state index in [-0.39, 0.29) is 6.42 Å². The van der Waals surface area contributed by atoms with E-state index in [1.807, 2.05) is 0 Å². The molecule has 5 heteroatoms. The number of hydrogen-bond acceptors (Lipinski definition) is 4. The minimum absolute atomic E-state index is 0.0313. The number of nitrogens with two attached hydrogens (primary N) is 1. The first kappa shape index (κ1) is 11.0. The van der Waals surface area contributed by atoms with Gasteiger partial charge in [-0.15, -0.1) is 0 Å². The Morgan fingerprint density at radius 3 is 2.93 bits per heavy atom. The van der Waals surface area contributed by atoms with Crippen molar-refractivity contribution in [2.75, 3.05) is 7.11 Å². The molecule has 5 nitrogen and oxygen atoms in total. The Morgan fingerprint density at radius 1 is 1.67 bits per heavy atom. The Bertz CT molecular complexity index is 388. The van der Waals surface area contributed by atoms with Crippen molar-refractivity contribution in [3.8, 4) is 5.75 Å². The van der Waals surface area contributed by atoms with Crippen molar-refractivity contribution < 1.29 is 14.6 Å². The second-order valence-electron chi connectivity index (χ2n) is 2.92. The van der Waals surface area contributed by atoms with E-state index in [2.05, 4.69) is 5.10 Å². The topological polar surface area (TPSA) is 84.9 Å². The van der Waals surface area contributed by atoms with Crippen molar-refractivity contribution in [3.05, 3.63) is 29.3 Å². The number of carboxylic acids is 1. The molecule has 0 saturated heterocycles. The smallest absolute Gasteiger partial charge is 0.307 e. The van der Waals surface area contributed by atoms with Crippen LogP contribution < -0.4 is 10.6 Å². The van der Waals surface area contributed by atoms with Crippen LogP contribution in [0.2, 0.25) is 0 Å². The van der Waals surface area contributed by atoms with Gasteiger partial charge in [0.05, 0.1) is 19.7 Å². The quantitative estimate of drug-likeness (QED) is 0.431. The van der Waals surface area contributed by atoms with E-state index in [1.165, 1.54) is 13.3 Å². The third-order valence-electron chi connectivity index (χ3n) is 1.87. The summed E-state index contributed by atoms with van der Waals surface area (Å²) in [5.41, 5.74) is 1.39. The van der Waals surface area contributed by atoms with Gasteiger partial charge in [0.1, 0.15) is 5.75 Å². The molecular formula is C10H12N2O3. The second kappa shape index (κ2) is 4.99. The molecule has 0 aliphatic heterocycles. The number of aliphatic carboxylic acids is 1. The molecule has 0 unspecified atom stereocenters. The fourth-order valence-electron chi connectivity index (χ4n) is 1.23. The van der Waals surface area contributed by atoms with E-state index < -0.39 is 5.97 Å². The second-order valence-corrected chi connectivity index (χ2v) is 2.92. The molecule has 1 aromatic rings. The number of ether oxygens (including phenoxy) is 1. The first-order chi connectivity index (χ1) is 7.17. The van der Waals surface area contributed by atoms with Gasteiger partial charge in [0.2, 0.25) is 0 Å². The van der Waals surface area contributed by atoms with Crippen LogP contribution in [0, 0.1) is 0 Å². The van der Waals surface area contributed by atoms with Crippen LogP contribution in [-0.2, 0) is 11.2 Å². The first-order valence-corrected chi connectivity index (χ1v) is 4.29. The number of carbonyl (C=O) groups is 1. The zero-order valence-electron chi connectivity index (χ0n) is 8.30. The fraction of sp³-hybridized carbons (Fsp3) is 0.200. The lowest BCUT2D eigenvalue weighted by Gasteiger charge is -2.06. The van der Waals surface area contributed by atoms with Crippen LogP contribution in [0.15, 0.2) is 23.3 Å². The summed E-state index contributed by atoms with van der Waals surface area (Å²) in [4.78, 5) is 10.5. The summed E-state index contributed by atoms with van der Waals surface area (Å²) in [6, 6.07) is 5.08. The lowest BCUT2D eigenvalue weighted by atomic mass is 10.1. The zero-order chi connectivity index (χ0) is 11.3. The van der Waals surface area contributed by atoms with Gasteiger partial charge in [-0.05, 0) is 17.7 Å². The fourth-order valence-corrected chi connectivity index (χ4v) is 1.23. The molecule has 0 aliphatic carbocycles. The third-order valence-corrected chi connectivity index (χ3v) is 1.87. The molecule has 0 radical (unpaired) electrons. The molecule has 15 heavy (non-hydrogen) atoms. The molecule has 0 atom stereocenters. The Balaban J connectivity index is 3.01. The summed E-state index contributed by atoms with van der Waals surface area (Å²) in [5.74, 6) is 4.70. The third kappa shape index (κ3) is 2.98. The number of carboxylic acid groups (broad SMARTS) is 1. The van der Waals surface area contributed by atoms with Gasteiger partial charge in [-0.3, -0.25) is 4.79 Å². The van der Waals surface area contributed by atoms with Gasteiger partial charge >= 0.3 is 5.97 Å². The highest BCUT2D eigenvalue weighted by atomic mass is 16.5. The summed E-state index contributed by atoms with van der Waals surface area (Å²) in [5, 5.41) is 12.0. The van der Waals surface area contributed by atoms with E-state index in [1.54, 1.807) is 18.2 Å². The minimum atomic E-state index is -0.878. The zero-order valence-corrected chi connectivity index (χ0v) is 8.30. The van der Waals surface area contributed by atoms with Crippen molar-refractivity contribution in [2.24, 2.45) is 10.9 Å². The first-order valence-electron chi connectivity index (χ1n) is 4.29. The van der Waals surface area contributed by atoms with Gasteiger partial charge in [-0.2, -0.15) is 5.10 Å². The SMILES string of the molecule is COc1cc(CC(=O)O)ccc1C=NN. The van der Waals surface area contributed by atoms with E-state index in [0.717, 1.165) is 0 Å². The number of rotatable bonds is 4. The van der Waals surface area contributed by atoms with Crippen LogP contribution in [0.3, 0.4) is 0 Å². The Hall–Kier alpha value is -2.04. The van der Waals surface area contributed by atoms with Gasteiger partial charge in [0.15, 0.2) is 0 Å². The predicted molar refractivity (Wildman–Crippen MR) is 56.1 cm³/mol. The van der Waals surface area contributed by atoms with Crippen molar-refractivity contribution in [1.82, 2.24) is 0 Å². The Labute approximate surface area is 87.2 Å². The summed E-state index contributed by atoms with van der Waals surface area (Å²) in [6.45, 7) is 0. The Kier molecular flexibility index (Phi) is 3.68. The van der Waals surface area contributed by atoms with Crippen LogP contribution in [-0.4, -0.2) is 24.4 Å². The molecular weight excluding hydrogens is 196 g/mol. The van der Waals surface area contributed by atoms with Crippen LogP contribution in [0.25, 0.3) is 0 Å². The summed E-state index contributed by atoms with van der Waals surface area (Å²) >= 11 is 0. The summed E-state index contributed by atoms with van der Waals surface area (Å²) in [6.07, 6.45) is 1.42.